The van der Waals surface area contributed by atoms with E-state index in [4.69, 9.17) is 42.6 Å². The molecular weight excluding hydrogens is 780 g/mol. The predicted molar refractivity (Wildman–Crippen MR) is 194 cm³/mol. The quantitative estimate of drug-likeness (QED) is 0.139. The smallest absolute Gasteiger partial charge is 0.347 e. The summed E-state index contributed by atoms with van der Waals surface area (Å²) >= 11 is 0.895. The van der Waals surface area contributed by atoms with Crippen LogP contribution in [0.3, 0.4) is 0 Å². The van der Waals surface area contributed by atoms with Crippen LogP contribution in [0.2, 0.25) is 0 Å². The van der Waals surface area contributed by atoms with Crippen LogP contribution in [-0.2, 0) is 76.3 Å². The summed E-state index contributed by atoms with van der Waals surface area (Å²) in [6, 6.07) is 0. The lowest BCUT2D eigenvalue weighted by molar-refractivity contribution is -0.186. The van der Waals surface area contributed by atoms with Gasteiger partial charge in [-0.15, -0.1) is 4.37 Å². The summed E-state index contributed by atoms with van der Waals surface area (Å²) < 4.78 is 55.7. The van der Waals surface area contributed by atoms with Crippen LogP contribution in [0.5, 0.6) is 5.88 Å². The van der Waals surface area contributed by atoms with Crippen molar-refractivity contribution in [2.75, 3.05) is 44.4 Å². The van der Waals surface area contributed by atoms with E-state index in [0.29, 0.717) is 32.1 Å². The third-order valence-corrected chi connectivity index (χ3v) is 8.27. The third-order valence-electron chi connectivity index (χ3n) is 7.77. The van der Waals surface area contributed by atoms with Crippen molar-refractivity contribution in [2.24, 2.45) is 0 Å². The molecular formula is C35H52N4O17S. The molecule has 0 aromatic carbocycles. The van der Waals surface area contributed by atoms with Gasteiger partial charge in [0, 0.05) is 32.5 Å². The first kappa shape index (κ1) is 48.0. The van der Waals surface area contributed by atoms with E-state index in [9.17, 15) is 38.4 Å². The number of morpholine rings is 1. The van der Waals surface area contributed by atoms with Crippen LogP contribution in [0.25, 0.3) is 0 Å². The fourth-order valence-corrected chi connectivity index (χ4v) is 5.30. The molecule has 21 nitrogen and oxygen atoms in total. The first-order valence-corrected chi connectivity index (χ1v) is 18.7. The Labute approximate surface area is 334 Å². The second kappa shape index (κ2) is 22.0. The molecule has 57 heavy (non-hydrogen) atoms. The molecule has 22 heteroatoms. The maximum Gasteiger partial charge on any atom is 0.347 e. The minimum Gasteiger partial charge on any atom is -0.470 e. The standard InChI is InChI=1S/C35H52N4O17S/c1-18(52-30(43)19(2)50-24(7)40)29(42)39(35(9,10)11)16-26(17-49-28-27(36-57-37-28)38-12-14-48-15-13-38)56-34(47)23(6)55-33(46)22(5)54-32(45)21(4)53-31(44)20(3)51-25(8)41/h18-23,26H,12-17H2,1-11H3/t18-,19-,20-,21?,22-,23-,26-/m0/s1. The number of carbonyl (C=O) groups excluding carboxylic acids is 8. The number of esters is 7. The number of nitrogens with zero attached hydrogens (tertiary/aromatic N) is 4. The van der Waals surface area contributed by atoms with Crippen LogP contribution in [0.1, 0.15) is 76.2 Å². The molecule has 1 aliphatic heterocycles. The van der Waals surface area contributed by atoms with Gasteiger partial charge >= 0.3 is 41.8 Å². The van der Waals surface area contributed by atoms with Crippen molar-refractivity contribution in [2.45, 2.75) is 124 Å². The van der Waals surface area contributed by atoms with Crippen LogP contribution >= 0.6 is 11.7 Å². The number of carbonyl (C=O) groups is 8. The molecule has 1 unspecified atom stereocenters. The Morgan fingerprint density at radius 2 is 1.05 bits per heavy atom. The molecule has 0 aliphatic carbocycles. The zero-order valence-electron chi connectivity index (χ0n) is 33.9. The Kier molecular flexibility index (Phi) is 18.5. The Hall–Kier alpha value is -5.12. The molecule has 1 fully saturated rings. The van der Waals surface area contributed by atoms with Crippen molar-refractivity contribution >= 4 is 65.2 Å². The van der Waals surface area contributed by atoms with Gasteiger partial charge < -0.3 is 52.4 Å². The zero-order valence-corrected chi connectivity index (χ0v) is 34.7. The summed E-state index contributed by atoms with van der Waals surface area (Å²) in [6.45, 7) is 16.0. The minimum atomic E-state index is -1.58. The van der Waals surface area contributed by atoms with E-state index in [1.54, 1.807) is 20.8 Å². The molecule has 0 spiro atoms. The van der Waals surface area contributed by atoms with Gasteiger partial charge in [-0.2, -0.15) is 4.37 Å². The van der Waals surface area contributed by atoms with E-state index in [0.717, 1.165) is 32.5 Å². The molecule has 0 radical (unpaired) electrons. The Bertz CT molecular complexity index is 1590. The predicted octanol–water partition coefficient (Wildman–Crippen LogP) is 0.922. The number of aromatic nitrogens is 2. The molecule has 1 aromatic heterocycles. The SMILES string of the molecule is CC(=O)O[C@@H](C)C(=O)OC(C)C(=O)O[C@@H](C)C(=O)O[C@@H](C)C(=O)O[C@H](COc1nsnc1N1CCOCC1)CN(C(=O)[C@H](C)OC(=O)[C@H](C)OC(C)=O)C(C)(C)C. The van der Waals surface area contributed by atoms with Gasteiger partial charge in [0.15, 0.2) is 42.7 Å². The molecule has 1 aromatic rings. The Balaban J connectivity index is 2.22. The lowest BCUT2D eigenvalue weighted by Gasteiger charge is -2.39. The van der Waals surface area contributed by atoms with Crippen molar-refractivity contribution in [1.82, 2.24) is 13.6 Å². The highest BCUT2D eigenvalue weighted by Gasteiger charge is 2.37. The molecule has 320 valence electrons. The maximum absolute atomic E-state index is 13.8. The first-order chi connectivity index (χ1) is 26.5. The Morgan fingerprint density at radius 1 is 0.649 bits per heavy atom. The van der Waals surface area contributed by atoms with Crippen LogP contribution < -0.4 is 9.64 Å². The van der Waals surface area contributed by atoms with Gasteiger partial charge in [-0.3, -0.25) is 14.4 Å². The molecule has 7 atom stereocenters. The van der Waals surface area contributed by atoms with E-state index in [2.05, 4.69) is 8.75 Å². The third kappa shape index (κ3) is 15.7. The van der Waals surface area contributed by atoms with Crippen molar-refractivity contribution in [3.05, 3.63) is 0 Å². The van der Waals surface area contributed by atoms with Gasteiger partial charge in [-0.1, -0.05) is 0 Å². The highest BCUT2D eigenvalue weighted by atomic mass is 32.1. The number of amides is 1. The molecule has 1 aliphatic rings. The zero-order chi connectivity index (χ0) is 43.2. The molecule has 0 N–H and O–H groups in total. The van der Waals surface area contributed by atoms with Crippen molar-refractivity contribution in [1.29, 1.82) is 0 Å². The van der Waals surface area contributed by atoms with Gasteiger partial charge in [-0.05, 0) is 62.3 Å². The number of hydrogen-bond donors (Lipinski definition) is 0. The summed E-state index contributed by atoms with van der Waals surface area (Å²) in [5.74, 6) is -6.92. The normalized spacial score (nSPS) is 16.5. The fourth-order valence-electron chi connectivity index (χ4n) is 4.78. The van der Waals surface area contributed by atoms with Gasteiger partial charge in [0.25, 0.3) is 11.8 Å². The van der Waals surface area contributed by atoms with E-state index >= 15 is 0 Å². The summed E-state index contributed by atoms with van der Waals surface area (Å²) in [6.07, 6.45) is -9.84. The molecule has 0 saturated carbocycles. The molecule has 1 amide bonds. The lowest BCUT2D eigenvalue weighted by Crippen LogP contribution is -2.54. The monoisotopic (exact) mass is 832 g/mol. The highest BCUT2D eigenvalue weighted by molar-refractivity contribution is 6.99. The van der Waals surface area contributed by atoms with Gasteiger partial charge in [-0.25, -0.2) is 24.0 Å². The lowest BCUT2D eigenvalue weighted by atomic mass is 10.0. The molecule has 0 bridgehead atoms. The van der Waals surface area contributed by atoms with Crippen LogP contribution in [0.4, 0.5) is 5.82 Å². The summed E-state index contributed by atoms with van der Waals surface area (Å²) in [5, 5.41) is 0. The molecule has 2 heterocycles. The topological polar surface area (TPSA) is 252 Å². The van der Waals surface area contributed by atoms with Crippen molar-refractivity contribution < 1.29 is 81.0 Å². The van der Waals surface area contributed by atoms with Gasteiger partial charge in [0.2, 0.25) is 5.82 Å². The van der Waals surface area contributed by atoms with E-state index in [-0.39, 0.29) is 19.0 Å². The van der Waals surface area contributed by atoms with E-state index in [1.165, 1.54) is 39.5 Å². The van der Waals surface area contributed by atoms with E-state index < -0.39 is 96.0 Å². The summed E-state index contributed by atoms with van der Waals surface area (Å²) in [7, 11) is 0. The summed E-state index contributed by atoms with van der Waals surface area (Å²) in [4.78, 5) is 103. The molecule has 1 saturated heterocycles. The fraction of sp³-hybridized carbons (Fsp3) is 0.714. The van der Waals surface area contributed by atoms with Crippen LogP contribution in [-0.4, -0.2) is 149 Å². The number of ether oxygens (including phenoxy) is 9. The maximum atomic E-state index is 13.8. The van der Waals surface area contributed by atoms with Gasteiger partial charge in [0.1, 0.15) is 6.61 Å². The second-order valence-electron chi connectivity index (χ2n) is 13.8. The number of anilines is 1. The highest BCUT2D eigenvalue weighted by Crippen LogP contribution is 2.27. The largest absolute Gasteiger partial charge is 0.470 e. The van der Waals surface area contributed by atoms with Crippen LogP contribution in [0, 0.1) is 0 Å². The van der Waals surface area contributed by atoms with E-state index in [1.807, 2.05) is 4.90 Å². The van der Waals surface area contributed by atoms with Crippen molar-refractivity contribution in [3.8, 4) is 5.88 Å². The van der Waals surface area contributed by atoms with Gasteiger partial charge in [0.05, 0.1) is 31.5 Å². The average molecular weight is 833 g/mol. The first-order valence-electron chi connectivity index (χ1n) is 18.0. The second-order valence-corrected chi connectivity index (χ2v) is 14.3. The Morgan fingerprint density at radius 3 is 1.47 bits per heavy atom. The molecule has 2 rings (SSSR count). The van der Waals surface area contributed by atoms with Crippen molar-refractivity contribution in [3.63, 3.8) is 0 Å². The number of hydrogen-bond acceptors (Lipinski definition) is 21. The van der Waals surface area contributed by atoms with Crippen LogP contribution in [0.15, 0.2) is 0 Å². The summed E-state index contributed by atoms with van der Waals surface area (Å²) in [5.41, 5.74) is -0.952. The average Bonchev–Trinajstić information content (AvgIpc) is 3.60. The number of rotatable bonds is 19. The minimum absolute atomic E-state index is 0.134.